The van der Waals surface area contributed by atoms with Crippen molar-refractivity contribution in [1.29, 1.82) is 0 Å². The zero-order chi connectivity index (χ0) is 12.3. The molecule has 1 saturated carbocycles. The third-order valence-corrected chi connectivity index (χ3v) is 5.76. The van der Waals surface area contributed by atoms with Crippen molar-refractivity contribution in [2.24, 2.45) is 17.8 Å². The lowest BCUT2D eigenvalue weighted by atomic mass is 9.98. The Hall–Kier alpha value is 0.200. The molecule has 0 spiro atoms. The van der Waals surface area contributed by atoms with Crippen LogP contribution in [0.4, 0.5) is 0 Å². The maximum absolute atomic E-state index is 11.8. The second kappa shape index (κ2) is 5.69. The quantitative estimate of drug-likeness (QED) is 0.777. The van der Waals surface area contributed by atoms with Crippen LogP contribution in [0.3, 0.4) is 0 Å². The number of nitrogens with one attached hydrogen (secondary N) is 1. The highest BCUT2D eigenvalue weighted by molar-refractivity contribution is 7.89. The van der Waals surface area contributed by atoms with Gasteiger partial charge < -0.3 is 0 Å². The zero-order valence-corrected chi connectivity index (χ0v) is 11.8. The topological polar surface area (TPSA) is 46.2 Å². The van der Waals surface area contributed by atoms with Crippen molar-refractivity contribution in [2.45, 2.75) is 39.7 Å². The predicted octanol–water partition coefficient (Wildman–Crippen LogP) is 2.22. The van der Waals surface area contributed by atoms with Gasteiger partial charge in [-0.15, -0.1) is 11.6 Å². The zero-order valence-electron chi connectivity index (χ0n) is 10.2. The van der Waals surface area contributed by atoms with Crippen molar-refractivity contribution in [3.05, 3.63) is 0 Å². The summed E-state index contributed by atoms with van der Waals surface area (Å²) in [6.45, 7) is 6.16. The second-order valence-corrected chi connectivity index (χ2v) is 7.29. The van der Waals surface area contributed by atoms with Gasteiger partial charge in [0, 0.05) is 11.9 Å². The molecule has 0 bridgehead atoms. The third-order valence-electron chi connectivity index (χ3n) is 3.56. The maximum Gasteiger partial charge on any atom is 0.212 e. The number of halogens is 1. The van der Waals surface area contributed by atoms with Crippen LogP contribution >= 0.6 is 11.6 Å². The molecule has 4 unspecified atom stereocenters. The summed E-state index contributed by atoms with van der Waals surface area (Å²) in [5, 5.41) is 0. The molecule has 1 N–H and O–H groups in total. The Kier molecular flexibility index (Phi) is 5.08. The summed E-state index contributed by atoms with van der Waals surface area (Å²) in [6, 6.07) is 0.113. The van der Waals surface area contributed by atoms with Crippen LogP contribution in [0.2, 0.25) is 0 Å². The van der Waals surface area contributed by atoms with Gasteiger partial charge >= 0.3 is 0 Å². The SMILES string of the molecule is CC(CCl)CS(=O)(=O)NC1CCC(C)C1C. The summed E-state index contributed by atoms with van der Waals surface area (Å²) in [6.07, 6.45) is 2.07. The van der Waals surface area contributed by atoms with Gasteiger partial charge in [-0.2, -0.15) is 0 Å². The van der Waals surface area contributed by atoms with Gasteiger partial charge in [0.15, 0.2) is 0 Å². The molecule has 1 rings (SSSR count). The van der Waals surface area contributed by atoms with Crippen molar-refractivity contribution in [3.8, 4) is 0 Å². The Morgan fingerprint density at radius 3 is 2.44 bits per heavy atom. The number of rotatable bonds is 5. The van der Waals surface area contributed by atoms with Crippen LogP contribution in [0.1, 0.15) is 33.6 Å². The number of sulfonamides is 1. The van der Waals surface area contributed by atoms with E-state index in [1.807, 2.05) is 6.92 Å². The Labute approximate surface area is 104 Å². The highest BCUT2D eigenvalue weighted by atomic mass is 35.5. The van der Waals surface area contributed by atoms with Crippen LogP contribution in [-0.4, -0.2) is 26.1 Å². The van der Waals surface area contributed by atoms with Gasteiger partial charge in [0.05, 0.1) is 5.75 Å². The number of alkyl halides is 1. The van der Waals surface area contributed by atoms with E-state index >= 15 is 0 Å². The lowest BCUT2D eigenvalue weighted by Crippen LogP contribution is -2.39. The van der Waals surface area contributed by atoms with Crippen LogP contribution in [0.5, 0.6) is 0 Å². The van der Waals surface area contributed by atoms with Crippen molar-refractivity contribution in [1.82, 2.24) is 4.72 Å². The van der Waals surface area contributed by atoms with Crippen LogP contribution in [0.25, 0.3) is 0 Å². The van der Waals surface area contributed by atoms with E-state index < -0.39 is 10.0 Å². The summed E-state index contributed by atoms with van der Waals surface area (Å²) in [5.74, 6) is 1.57. The van der Waals surface area contributed by atoms with Crippen molar-refractivity contribution in [2.75, 3.05) is 11.6 Å². The molecule has 4 atom stereocenters. The van der Waals surface area contributed by atoms with E-state index in [4.69, 9.17) is 11.6 Å². The molecule has 0 amide bonds. The summed E-state index contributed by atoms with van der Waals surface area (Å²) < 4.78 is 26.5. The van der Waals surface area contributed by atoms with Gasteiger partial charge in [-0.25, -0.2) is 13.1 Å². The lowest BCUT2D eigenvalue weighted by molar-refractivity contribution is 0.401. The van der Waals surface area contributed by atoms with Crippen LogP contribution < -0.4 is 4.72 Å². The fourth-order valence-corrected chi connectivity index (χ4v) is 4.22. The van der Waals surface area contributed by atoms with E-state index in [-0.39, 0.29) is 17.7 Å². The van der Waals surface area contributed by atoms with Gasteiger partial charge in [0.25, 0.3) is 0 Å². The first-order valence-corrected chi connectivity index (χ1v) is 8.10. The van der Waals surface area contributed by atoms with Gasteiger partial charge in [-0.05, 0) is 30.6 Å². The molecule has 0 radical (unpaired) electrons. The summed E-state index contributed by atoms with van der Waals surface area (Å²) >= 11 is 5.63. The first kappa shape index (κ1) is 14.3. The Balaban J connectivity index is 2.53. The van der Waals surface area contributed by atoms with E-state index in [0.717, 1.165) is 12.8 Å². The molecule has 16 heavy (non-hydrogen) atoms. The monoisotopic (exact) mass is 267 g/mol. The van der Waals surface area contributed by atoms with Gasteiger partial charge in [-0.3, -0.25) is 0 Å². The standard InChI is InChI=1S/C11H22ClNO2S/c1-8(6-12)7-16(14,15)13-11-5-4-9(2)10(11)3/h8-11,13H,4-7H2,1-3H3. The van der Waals surface area contributed by atoms with Crippen molar-refractivity contribution in [3.63, 3.8) is 0 Å². The molecule has 1 aliphatic carbocycles. The molecule has 0 saturated heterocycles. The fourth-order valence-electron chi connectivity index (χ4n) is 2.23. The lowest BCUT2D eigenvalue weighted by Gasteiger charge is -2.20. The molecule has 0 aliphatic heterocycles. The molecule has 0 aromatic carbocycles. The molecule has 1 fully saturated rings. The van der Waals surface area contributed by atoms with Crippen molar-refractivity contribution < 1.29 is 8.42 Å². The molecular weight excluding hydrogens is 246 g/mol. The summed E-state index contributed by atoms with van der Waals surface area (Å²) in [5.41, 5.74) is 0. The molecule has 0 aromatic rings. The van der Waals surface area contributed by atoms with E-state index in [2.05, 4.69) is 18.6 Å². The minimum atomic E-state index is -3.17. The largest absolute Gasteiger partial charge is 0.212 e. The highest BCUT2D eigenvalue weighted by Crippen LogP contribution is 2.31. The van der Waals surface area contributed by atoms with Crippen LogP contribution in [-0.2, 0) is 10.0 Å². The molecule has 0 aromatic heterocycles. The third kappa shape index (κ3) is 3.90. The van der Waals surface area contributed by atoms with Gasteiger partial charge in [0.1, 0.15) is 0 Å². The summed E-state index contributed by atoms with van der Waals surface area (Å²) in [4.78, 5) is 0. The molecule has 0 heterocycles. The molecular formula is C11H22ClNO2S. The van der Waals surface area contributed by atoms with Gasteiger partial charge in [-0.1, -0.05) is 20.8 Å². The molecule has 5 heteroatoms. The Morgan fingerprint density at radius 1 is 1.38 bits per heavy atom. The van der Waals surface area contributed by atoms with Crippen LogP contribution in [0.15, 0.2) is 0 Å². The number of hydrogen-bond donors (Lipinski definition) is 1. The van der Waals surface area contributed by atoms with Crippen LogP contribution in [0, 0.1) is 17.8 Å². The van der Waals surface area contributed by atoms with E-state index in [1.54, 1.807) is 0 Å². The first-order valence-electron chi connectivity index (χ1n) is 5.91. The molecule has 3 nitrogen and oxygen atoms in total. The van der Waals surface area contributed by atoms with Gasteiger partial charge in [0.2, 0.25) is 10.0 Å². The minimum Gasteiger partial charge on any atom is -0.212 e. The summed E-state index contributed by atoms with van der Waals surface area (Å²) in [7, 11) is -3.17. The van der Waals surface area contributed by atoms with E-state index in [9.17, 15) is 8.42 Å². The highest BCUT2D eigenvalue weighted by Gasteiger charge is 2.32. The average Bonchev–Trinajstić information content (AvgIpc) is 2.48. The second-order valence-electron chi connectivity index (χ2n) is 5.18. The first-order chi connectivity index (χ1) is 7.35. The predicted molar refractivity (Wildman–Crippen MR) is 68.2 cm³/mol. The number of hydrogen-bond acceptors (Lipinski definition) is 2. The maximum atomic E-state index is 11.8. The smallest absolute Gasteiger partial charge is 0.212 e. The Morgan fingerprint density at radius 2 is 2.00 bits per heavy atom. The fraction of sp³-hybridized carbons (Fsp3) is 1.00. The average molecular weight is 268 g/mol. The van der Waals surface area contributed by atoms with E-state index in [0.29, 0.717) is 17.7 Å². The molecule has 1 aliphatic rings. The molecule has 96 valence electrons. The van der Waals surface area contributed by atoms with Crippen molar-refractivity contribution >= 4 is 21.6 Å². The Bertz CT molecular complexity index is 318. The minimum absolute atomic E-state index is 0.00768. The normalized spacial score (nSPS) is 32.9. The van der Waals surface area contributed by atoms with E-state index in [1.165, 1.54) is 0 Å².